The molecule has 0 aliphatic carbocycles. The van der Waals surface area contributed by atoms with Gasteiger partial charge in [-0.05, 0) is 38.3 Å². The van der Waals surface area contributed by atoms with Crippen molar-refractivity contribution in [2.75, 3.05) is 20.3 Å². The molecule has 144 valence electrons. The minimum Gasteiger partial charge on any atom is -0.383 e. The van der Waals surface area contributed by atoms with Crippen LogP contribution in [0.2, 0.25) is 0 Å². The number of rotatable bonds is 7. The zero-order chi connectivity index (χ0) is 19.8. The predicted octanol–water partition coefficient (Wildman–Crippen LogP) is 2.46. The van der Waals surface area contributed by atoms with E-state index in [9.17, 15) is 14.4 Å². The summed E-state index contributed by atoms with van der Waals surface area (Å²) in [4.78, 5) is 39.8. The quantitative estimate of drug-likeness (QED) is 0.583. The lowest BCUT2D eigenvalue weighted by Gasteiger charge is -2.19. The molecule has 27 heavy (non-hydrogen) atoms. The Balaban J connectivity index is 1.81. The van der Waals surface area contributed by atoms with Gasteiger partial charge in [-0.2, -0.15) is 0 Å². The summed E-state index contributed by atoms with van der Waals surface area (Å²) in [6, 6.07) is 4.88. The number of hydrogen-bond donors (Lipinski definition) is 1. The minimum atomic E-state index is -1.12. The summed E-state index contributed by atoms with van der Waals surface area (Å²) in [5.74, 6) is -0.665. The lowest BCUT2D eigenvalue weighted by molar-refractivity contribution is -0.130. The number of Topliss-reactive ketones (excluding diaryl/α,β-unsaturated/α-hetero) is 1. The molecule has 2 aromatic heterocycles. The first-order valence-electron chi connectivity index (χ1n) is 8.66. The third kappa shape index (κ3) is 3.30. The number of aromatic nitrogens is 1. The van der Waals surface area contributed by atoms with Crippen molar-refractivity contribution in [3.8, 4) is 0 Å². The molecule has 2 aromatic rings. The number of nitrogens with zero attached hydrogens (tertiary/aromatic N) is 2. The Morgan fingerprint density at radius 1 is 1.33 bits per heavy atom. The highest BCUT2D eigenvalue weighted by molar-refractivity contribution is 7.10. The normalized spacial score (nSPS) is 19.6. The monoisotopic (exact) mass is 389 g/mol. The third-order valence-corrected chi connectivity index (χ3v) is 6.08. The number of urea groups is 1. The lowest BCUT2D eigenvalue weighted by atomic mass is 10.0. The predicted molar refractivity (Wildman–Crippen MR) is 102 cm³/mol. The third-order valence-electron chi connectivity index (χ3n) is 4.98. The second-order valence-electron chi connectivity index (χ2n) is 6.78. The highest BCUT2D eigenvalue weighted by Crippen LogP contribution is 2.32. The number of ketones is 1. The summed E-state index contributed by atoms with van der Waals surface area (Å²) in [7, 11) is 1.63. The van der Waals surface area contributed by atoms with Crippen LogP contribution in [0, 0.1) is 13.8 Å². The minimum absolute atomic E-state index is 0.259. The van der Waals surface area contributed by atoms with Gasteiger partial charge in [0.05, 0.1) is 13.2 Å². The summed E-state index contributed by atoms with van der Waals surface area (Å²) in [5, 5.41) is 4.57. The maximum atomic E-state index is 12.9. The highest BCUT2D eigenvalue weighted by atomic mass is 32.1. The fourth-order valence-electron chi connectivity index (χ4n) is 3.41. The van der Waals surface area contributed by atoms with Crippen LogP contribution < -0.4 is 5.32 Å². The highest BCUT2D eigenvalue weighted by Gasteiger charge is 2.50. The number of hydrogen-bond acceptors (Lipinski definition) is 5. The molecule has 0 radical (unpaired) electrons. The van der Waals surface area contributed by atoms with Gasteiger partial charge in [-0.15, -0.1) is 11.3 Å². The van der Waals surface area contributed by atoms with E-state index in [4.69, 9.17) is 4.74 Å². The first-order valence-corrected chi connectivity index (χ1v) is 9.54. The van der Waals surface area contributed by atoms with Gasteiger partial charge >= 0.3 is 6.03 Å². The van der Waals surface area contributed by atoms with Gasteiger partial charge in [0.2, 0.25) is 0 Å². The van der Waals surface area contributed by atoms with Crippen molar-refractivity contribution < 1.29 is 19.1 Å². The van der Waals surface area contributed by atoms with E-state index in [1.54, 1.807) is 26.2 Å². The molecule has 1 atom stereocenters. The number of methoxy groups -OCH3 is 1. The van der Waals surface area contributed by atoms with Crippen molar-refractivity contribution in [2.45, 2.75) is 32.9 Å². The Kier molecular flexibility index (Phi) is 5.21. The van der Waals surface area contributed by atoms with E-state index in [0.717, 1.165) is 21.2 Å². The number of thiophene rings is 1. The number of amides is 3. The van der Waals surface area contributed by atoms with Crippen molar-refractivity contribution in [1.82, 2.24) is 14.8 Å². The average molecular weight is 389 g/mol. The zero-order valence-corrected chi connectivity index (χ0v) is 16.7. The molecule has 1 N–H and O–H groups in total. The van der Waals surface area contributed by atoms with Crippen LogP contribution in [0.4, 0.5) is 4.79 Å². The van der Waals surface area contributed by atoms with Crippen molar-refractivity contribution in [3.05, 3.63) is 45.4 Å². The number of aryl methyl sites for hydroxylation is 1. The molecule has 1 unspecified atom stereocenters. The van der Waals surface area contributed by atoms with Gasteiger partial charge in [-0.3, -0.25) is 14.5 Å². The number of carbonyl (C=O) groups excluding carboxylic acids is 3. The Morgan fingerprint density at radius 2 is 2.07 bits per heavy atom. The molecule has 3 amide bonds. The molecule has 7 nitrogen and oxygen atoms in total. The van der Waals surface area contributed by atoms with Crippen LogP contribution in [-0.4, -0.2) is 47.4 Å². The number of nitrogens with one attached hydrogen (secondary N) is 1. The Morgan fingerprint density at radius 3 is 2.70 bits per heavy atom. The fourth-order valence-corrected chi connectivity index (χ4v) is 4.24. The van der Waals surface area contributed by atoms with E-state index in [2.05, 4.69) is 5.32 Å². The Hall–Kier alpha value is -2.45. The summed E-state index contributed by atoms with van der Waals surface area (Å²) in [5.41, 5.74) is 1.14. The smallest absolute Gasteiger partial charge is 0.325 e. The summed E-state index contributed by atoms with van der Waals surface area (Å²) >= 11 is 1.40. The Labute approximate surface area is 161 Å². The van der Waals surface area contributed by atoms with Crippen LogP contribution in [0.1, 0.15) is 33.5 Å². The van der Waals surface area contributed by atoms with Crippen LogP contribution in [-0.2, 0) is 21.6 Å². The van der Waals surface area contributed by atoms with Gasteiger partial charge < -0.3 is 14.6 Å². The molecule has 0 spiro atoms. The lowest BCUT2D eigenvalue weighted by Crippen LogP contribution is -2.40. The first kappa shape index (κ1) is 19.3. The van der Waals surface area contributed by atoms with Gasteiger partial charge in [0, 0.05) is 35.5 Å². The number of imide groups is 1. The molecule has 3 heterocycles. The van der Waals surface area contributed by atoms with E-state index in [0.29, 0.717) is 18.7 Å². The summed E-state index contributed by atoms with van der Waals surface area (Å²) in [6.45, 7) is 6.34. The summed E-state index contributed by atoms with van der Waals surface area (Å²) in [6.07, 6.45) is 0. The molecule has 0 saturated carbocycles. The van der Waals surface area contributed by atoms with Gasteiger partial charge in [0.1, 0.15) is 0 Å². The van der Waals surface area contributed by atoms with E-state index in [-0.39, 0.29) is 12.3 Å². The number of carbonyl (C=O) groups is 3. The summed E-state index contributed by atoms with van der Waals surface area (Å²) < 4.78 is 7.11. The first-order chi connectivity index (χ1) is 12.8. The second-order valence-corrected chi connectivity index (χ2v) is 7.72. The van der Waals surface area contributed by atoms with E-state index >= 15 is 0 Å². The van der Waals surface area contributed by atoms with E-state index in [1.807, 2.05) is 29.9 Å². The largest absolute Gasteiger partial charge is 0.383 e. The molecular weight excluding hydrogens is 366 g/mol. The zero-order valence-electron chi connectivity index (χ0n) is 15.9. The van der Waals surface area contributed by atoms with Crippen LogP contribution in [0.15, 0.2) is 23.6 Å². The second kappa shape index (κ2) is 7.28. The molecule has 8 heteroatoms. The van der Waals surface area contributed by atoms with Crippen LogP contribution in [0.3, 0.4) is 0 Å². The average Bonchev–Trinajstić information content (AvgIpc) is 3.30. The van der Waals surface area contributed by atoms with E-state index in [1.165, 1.54) is 11.3 Å². The molecule has 3 rings (SSSR count). The SMILES string of the molecule is COCCn1c(C)cc(C(=O)CN2C(=O)NC(C)(c3cccs3)C2=O)c1C. The van der Waals surface area contributed by atoms with Gasteiger partial charge in [0.15, 0.2) is 11.3 Å². The maximum absolute atomic E-state index is 12.9. The molecule has 1 saturated heterocycles. The molecule has 1 aliphatic heterocycles. The van der Waals surface area contributed by atoms with Crippen molar-refractivity contribution in [1.29, 1.82) is 0 Å². The van der Waals surface area contributed by atoms with E-state index < -0.39 is 17.5 Å². The molecular formula is C19H23N3O4S. The van der Waals surface area contributed by atoms with Crippen molar-refractivity contribution >= 4 is 29.1 Å². The van der Waals surface area contributed by atoms with Crippen molar-refractivity contribution in [3.63, 3.8) is 0 Å². The van der Waals surface area contributed by atoms with Gasteiger partial charge in [-0.25, -0.2) is 4.79 Å². The standard InChI is InChI=1S/C19H23N3O4S/c1-12-10-14(13(2)21(12)7-8-26-4)15(23)11-22-17(24)19(3,20-18(22)25)16-6-5-9-27-16/h5-6,9-10H,7-8,11H2,1-4H3,(H,20,25). The van der Waals surface area contributed by atoms with Crippen LogP contribution in [0.5, 0.6) is 0 Å². The fraction of sp³-hybridized carbons (Fsp3) is 0.421. The number of ether oxygens (including phenoxy) is 1. The molecule has 0 bridgehead atoms. The van der Waals surface area contributed by atoms with Gasteiger partial charge in [0.25, 0.3) is 5.91 Å². The molecule has 1 aliphatic rings. The maximum Gasteiger partial charge on any atom is 0.325 e. The van der Waals surface area contributed by atoms with Crippen molar-refractivity contribution in [2.24, 2.45) is 0 Å². The molecule has 1 fully saturated rings. The Bertz CT molecular complexity index is 887. The molecule has 0 aromatic carbocycles. The van der Waals surface area contributed by atoms with Gasteiger partial charge in [-0.1, -0.05) is 6.07 Å². The topological polar surface area (TPSA) is 80.6 Å². The van der Waals surface area contributed by atoms with Crippen LogP contribution in [0.25, 0.3) is 0 Å². The van der Waals surface area contributed by atoms with Crippen LogP contribution >= 0.6 is 11.3 Å².